The molecule has 2 fully saturated rings. The number of amides is 1. The van der Waals surface area contributed by atoms with Crippen molar-refractivity contribution in [3.8, 4) is 0 Å². The quantitative estimate of drug-likeness (QED) is 0.585. The molecular formula is C22H25ClN2O5S2. The number of hydrogen-bond donors (Lipinski definition) is 1. The minimum atomic E-state index is -3.79. The molecule has 1 atom stereocenters. The van der Waals surface area contributed by atoms with Crippen LogP contribution in [0.25, 0.3) is 0 Å². The lowest BCUT2D eigenvalue weighted by Gasteiger charge is -2.26. The summed E-state index contributed by atoms with van der Waals surface area (Å²) in [6.45, 7) is 2.01. The van der Waals surface area contributed by atoms with E-state index >= 15 is 0 Å². The van der Waals surface area contributed by atoms with E-state index in [1.54, 1.807) is 30.0 Å². The highest BCUT2D eigenvalue weighted by molar-refractivity contribution is 7.99. The molecule has 10 heteroatoms. The highest BCUT2D eigenvalue weighted by atomic mass is 35.5. The molecule has 172 valence electrons. The summed E-state index contributed by atoms with van der Waals surface area (Å²) in [6, 6.07) is 11.9. The Morgan fingerprint density at radius 1 is 1.16 bits per heavy atom. The topological polar surface area (TPSA) is 84.9 Å². The maximum Gasteiger partial charge on any atom is 0.256 e. The highest BCUT2D eigenvalue weighted by Crippen LogP contribution is 2.30. The molecule has 2 aromatic carbocycles. The van der Waals surface area contributed by atoms with Gasteiger partial charge in [-0.1, -0.05) is 23.7 Å². The van der Waals surface area contributed by atoms with Crippen molar-refractivity contribution >= 4 is 45.0 Å². The molecule has 2 heterocycles. The predicted molar refractivity (Wildman–Crippen MR) is 125 cm³/mol. The first-order valence-corrected chi connectivity index (χ1v) is 13.3. The smallest absolute Gasteiger partial charge is 0.256 e. The van der Waals surface area contributed by atoms with Crippen molar-refractivity contribution in [3.05, 3.63) is 53.1 Å². The average molecular weight is 497 g/mol. The van der Waals surface area contributed by atoms with Gasteiger partial charge in [0.05, 0.1) is 29.9 Å². The van der Waals surface area contributed by atoms with Gasteiger partial charge in [0.2, 0.25) is 10.0 Å². The molecule has 2 aliphatic heterocycles. The number of carbonyl (C=O) groups is 1. The fourth-order valence-electron chi connectivity index (χ4n) is 3.64. The standard InChI is InChI=1S/C22H25ClN2O5S2/c23-19-8-7-16(14-21(19)32(27,28)25-9-12-29-13-10-25)24-22(26)18-5-1-2-6-20(18)31-15-17-4-3-11-30-17/h1-2,5-8,14,17H,3-4,9-13,15H2,(H,24,26). The van der Waals surface area contributed by atoms with Gasteiger partial charge in [0.25, 0.3) is 5.91 Å². The van der Waals surface area contributed by atoms with Crippen molar-refractivity contribution < 1.29 is 22.7 Å². The SMILES string of the molecule is O=C(Nc1ccc(Cl)c(S(=O)(=O)N2CCOCC2)c1)c1ccccc1SCC1CCCO1. The molecular weight excluding hydrogens is 472 g/mol. The number of nitrogens with one attached hydrogen (secondary N) is 1. The van der Waals surface area contributed by atoms with Crippen LogP contribution in [0.3, 0.4) is 0 Å². The molecule has 0 aliphatic carbocycles. The van der Waals surface area contributed by atoms with Crippen LogP contribution < -0.4 is 5.32 Å². The third-order valence-corrected chi connectivity index (χ3v) is 8.94. The second kappa shape index (κ2) is 10.5. The lowest BCUT2D eigenvalue weighted by Crippen LogP contribution is -2.40. The predicted octanol–water partition coefficient (Wildman–Crippen LogP) is 3.88. The number of morpholine rings is 1. The Labute approximate surface area is 197 Å². The van der Waals surface area contributed by atoms with Crippen molar-refractivity contribution in [2.24, 2.45) is 0 Å². The monoisotopic (exact) mass is 496 g/mol. The van der Waals surface area contributed by atoms with Gasteiger partial charge in [0, 0.05) is 36.0 Å². The summed E-state index contributed by atoms with van der Waals surface area (Å²) in [5, 5.41) is 2.93. The third kappa shape index (κ3) is 5.47. The minimum Gasteiger partial charge on any atom is -0.379 e. The molecule has 7 nitrogen and oxygen atoms in total. The van der Waals surface area contributed by atoms with Gasteiger partial charge in [-0.3, -0.25) is 4.79 Å². The number of benzene rings is 2. The zero-order valence-electron chi connectivity index (χ0n) is 17.5. The van der Waals surface area contributed by atoms with Gasteiger partial charge >= 0.3 is 0 Å². The number of carbonyl (C=O) groups excluding carboxylic acids is 1. The number of hydrogen-bond acceptors (Lipinski definition) is 6. The van der Waals surface area contributed by atoms with Crippen LogP contribution in [0.15, 0.2) is 52.3 Å². The van der Waals surface area contributed by atoms with Crippen molar-refractivity contribution in [3.63, 3.8) is 0 Å². The van der Waals surface area contributed by atoms with Crippen molar-refractivity contribution in [1.82, 2.24) is 4.31 Å². The first kappa shape index (κ1) is 23.5. The summed E-state index contributed by atoms with van der Waals surface area (Å²) >= 11 is 7.81. The Balaban J connectivity index is 1.51. The Morgan fingerprint density at radius 2 is 1.94 bits per heavy atom. The fraction of sp³-hybridized carbons (Fsp3) is 0.409. The minimum absolute atomic E-state index is 0.0279. The summed E-state index contributed by atoms with van der Waals surface area (Å²) in [5.41, 5.74) is 0.896. The Kier molecular flexibility index (Phi) is 7.75. The van der Waals surface area contributed by atoms with E-state index in [0.717, 1.165) is 30.1 Å². The summed E-state index contributed by atoms with van der Waals surface area (Å²) in [4.78, 5) is 13.8. The molecule has 0 aromatic heterocycles. The van der Waals surface area contributed by atoms with Crippen LogP contribution in [0.4, 0.5) is 5.69 Å². The molecule has 0 spiro atoms. The first-order chi connectivity index (χ1) is 15.4. The van der Waals surface area contributed by atoms with Crippen molar-refractivity contribution in [2.45, 2.75) is 28.7 Å². The van der Waals surface area contributed by atoms with Gasteiger partial charge in [-0.05, 0) is 43.2 Å². The number of ether oxygens (including phenoxy) is 2. The first-order valence-electron chi connectivity index (χ1n) is 10.5. The van der Waals surface area contributed by atoms with Gasteiger partial charge < -0.3 is 14.8 Å². The lowest BCUT2D eigenvalue weighted by molar-refractivity contribution is 0.0730. The van der Waals surface area contributed by atoms with E-state index in [9.17, 15) is 13.2 Å². The summed E-state index contributed by atoms with van der Waals surface area (Å²) in [5.74, 6) is 0.477. The van der Waals surface area contributed by atoms with Gasteiger partial charge in [-0.15, -0.1) is 11.8 Å². The van der Waals surface area contributed by atoms with Crippen LogP contribution in [0.1, 0.15) is 23.2 Å². The molecule has 4 rings (SSSR count). The number of rotatable bonds is 7. The molecule has 1 amide bonds. The summed E-state index contributed by atoms with van der Waals surface area (Å²) in [6.07, 6.45) is 2.31. The number of thioether (sulfide) groups is 1. The Bertz CT molecular complexity index is 1070. The fourth-order valence-corrected chi connectivity index (χ4v) is 6.67. The molecule has 1 unspecified atom stereocenters. The van der Waals surface area contributed by atoms with Crippen LogP contribution in [0, 0.1) is 0 Å². The van der Waals surface area contributed by atoms with Gasteiger partial charge in [-0.25, -0.2) is 8.42 Å². The van der Waals surface area contributed by atoms with Gasteiger partial charge in [0.1, 0.15) is 4.90 Å². The molecule has 2 aromatic rings. The average Bonchev–Trinajstić information content (AvgIpc) is 3.33. The molecule has 32 heavy (non-hydrogen) atoms. The molecule has 1 N–H and O–H groups in total. The second-order valence-electron chi connectivity index (χ2n) is 7.56. The number of nitrogens with zero attached hydrogens (tertiary/aromatic N) is 1. The second-order valence-corrected chi connectivity index (χ2v) is 10.9. The normalized spacial score (nSPS) is 19.7. The Hall–Kier alpha value is -1.62. The molecule has 0 bridgehead atoms. The van der Waals surface area contributed by atoms with E-state index in [1.165, 1.54) is 16.4 Å². The van der Waals surface area contributed by atoms with Gasteiger partial charge in [-0.2, -0.15) is 4.31 Å². The molecule has 2 saturated heterocycles. The Morgan fingerprint density at radius 3 is 2.69 bits per heavy atom. The number of sulfonamides is 1. The molecule has 2 aliphatic rings. The van der Waals surface area contributed by atoms with E-state index < -0.39 is 10.0 Å². The maximum absolute atomic E-state index is 13.0. The van der Waals surface area contributed by atoms with Crippen LogP contribution in [-0.4, -0.2) is 63.4 Å². The van der Waals surface area contributed by atoms with Crippen molar-refractivity contribution in [2.75, 3.05) is 44.0 Å². The number of anilines is 1. The van der Waals surface area contributed by atoms with Gasteiger partial charge in [0.15, 0.2) is 0 Å². The zero-order valence-corrected chi connectivity index (χ0v) is 19.8. The van der Waals surface area contributed by atoms with Crippen LogP contribution in [-0.2, 0) is 19.5 Å². The van der Waals surface area contributed by atoms with E-state index in [-0.39, 0.29) is 35.0 Å². The largest absolute Gasteiger partial charge is 0.379 e. The van der Waals surface area contributed by atoms with E-state index in [4.69, 9.17) is 21.1 Å². The van der Waals surface area contributed by atoms with E-state index in [1.807, 2.05) is 12.1 Å². The van der Waals surface area contributed by atoms with Crippen LogP contribution in [0.2, 0.25) is 5.02 Å². The number of halogens is 1. The van der Waals surface area contributed by atoms with Crippen LogP contribution in [0.5, 0.6) is 0 Å². The van der Waals surface area contributed by atoms with E-state index in [0.29, 0.717) is 24.5 Å². The molecule has 0 radical (unpaired) electrons. The highest BCUT2D eigenvalue weighted by Gasteiger charge is 2.29. The third-order valence-electron chi connectivity index (χ3n) is 5.36. The maximum atomic E-state index is 13.0. The lowest BCUT2D eigenvalue weighted by atomic mass is 10.2. The molecule has 0 saturated carbocycles. The summed E-state index contributed by atoms with van der Waals surface area (Å²) in [7, 11) is -3.79. The van der Waals surface area contributed by atoms with Crippen LogP contribution >= 0.6 is 23.4 Å². The van der Waals surface area contributed by atoms with E-state index in [2.05, 4.69) is 5.32 Å². The zero-order chi connectivity index (χ0) is 22.6. The van der Waals surface area contributed by atoms with Crippen molar-refractivity contribution in [1.29, 1.82) is 0 Å². The summed E-state index contributed by atoms with van der Waals surface area (Å²) < 4.78 is 38.3.